The molecule has 2 aromatic carbocycles. The van der Waals surface area contributed by atoms with Crippen LogP contribution in [0.1, 0.15) is 32.8 Å². The van der Waals surface area contributed by atoms with Gasteiger partial charge in [0.1, 0.15) is 5.75 Å². The van der Waals surface area contributed by atoms with Crippen molar-refractivity contribution >= 4 is 10.8 Å². The lowest BCUT2D eigenvalue weighted by atomic mass is 9.94. The Bertz CT molecular complexity index is 754. The lowest BCUT2D eigenvalue weighted by molar-refractivity contribution is 0.0339. The second kappa shape index (κ2) is 8.59. The van der Waals surface area contributed by atoms with Crippen LogP contribution < -0.4 is 4.74 Å². The monoisotopic (exact) mass is 370 g/mol. The number of ether oxygens (including phenoxy) is 1. The van der Waals surface area contributed by atoms with Gasteiger partial charge in [0.05, 0.1) is 7.11 Å². The molecule has 0 aliphatic carbocycles. The molecule has 4 nitrogen and oxygen atoms in total. The molecule has 0 spiro atoms. The Balaban J connectivity index is 1.80. The Labute approximate surface area is 163 Å². The van der Waals surface area contributed by atoms with E-state index in [2.05, 4.69) is 67.0 Å². The Hall–Kier alpha value is -1.62. The number of hydrogen-bond acceptors (Lipinski definition) is 4. The van der Waals surface area contributed by atoms with Crippen molar-refractivity contribution in [3.05, 3.63) is 42.0 Å². The molecule has 148 valence electrons. The van der Waals surface area contributed by atoms with Crippen LogP contribution in [0.5, 0.6) is 5.75 Å². The summed E-state index contributed by atoms with van der Waals surface area (Å²) in [5.41, 5.74) is 1.54. The summed E-state index contributed by atoms with van der Waals surface area (Å²) in [6, 6.07) is 13.2. The van der Waals surface area contributed by atoms with E-state index < -0.39 is 0 Å². The predicted molar refractivity (Wildman–Crippen MR) is 112 cm³/mol. The van der Waals surface area contributed by atoms with Crippen molar-refractivity contribution in [2.24, 2.45) is 5.41 Å². The van der Waals surface area contributed by atoms with Gasteiger partial charge in [-0.25, -0.2) is 0 Å². The summed E-state index contributed by atoms with van der Waals surface area (Å²) in [7, 11) is 1.75. The molecule has 0 bridgehead atoms. The highest BCUT2D eigenvalue weighted by atomic mass is 16.5. The van der Waals surface area contributed by atoms with Crippen LogP contribution in [0.2, 0.25) is 0 Å². The highest BCUT2D eigenvalue weighted by molar-refractivity contribution is 5.87. The van der Waals surface area contributed by atoms with E-state index in [1.807, 2.05) is 0 Å². The number of benzene rings is 2. The minimum atomic E-state index is 0.247. The number of aliphatic hydroxyl groups excluding tert-OH is 1. The molecular weight excluding hydrogens is 336 g/mol. The Kier molecular flexibility index (Phi) is 6.40. The van der Waals surface area contributed by atoms with Crippen molar-refractivity contribution in [3.8, 4) is 5.75 Å². The van der Waals surface area contributed by atoms with Crippen LogP contribution in [-0.2, 0) is 6.54 Å². The van der Waals surface area contributed by atoms with Gasteiger partial charge in [-0.15, -0.1) is 0 Å². The van der Waals surface area contributed by atoms with Crippen LogP contribution in [0, 0.1) is 5.41 Å². The largest absolute Gasteiger partial charge is 0.496 e. The standard InChI is InChI=1S/C23H34N2O2/c1-23(2,3)17-25-13-12-24(15-19(25)11-14-26)16-21-20-8-6-5-7-18(20)9-10-22(21)27-4/h5-10,19,26H,11-17H2,1-4H3. The molecule has 3 rings (SSSR count). The topological polar surface area (TPSA) is 35.9 Å². The van der Waals surface area contributed by atoms with Gasteiger partial charge >= 0.3 is 0 Å². The zero-order valence-electron chi connectivity index (χ0n) is 17.2. The summed E-state index contributed by atoms with van der Waals surface area (Å²) in [5, 5.41) is 12.1. The molecule has 2 aromatic rings. The molecule has 1 fully saturated rings. The van der Waals surface area contributed by atoms with E-state index in [9.17, 15) is 5.11 Å². The van der Waals surface area contributed by atoms with Crippen LogP contribution in [-0.4, -0.2) is 60.8 Å². The Morgan fingerprint density at radius 2 is 1.89 bits per heavy atom. The van der Waals surface area contributed by atoms with E-state index in [4.69, 9.17) is 4.74 Å². The molecule has 1 unspecified atom stereocenters. The fourth-order valence-electron chi connectivity index (χ4n) is 4.24. The van der Waals surface area contributed by atoms with E-state index >= 15 is 0 Å². The summed E-state index contributed by atoms with van der Waals surface area (Å²) >= 11 is 0. The van der Waals surface area contributed by atoms with Crippen molar-refractivity contribution in [2.75, 3.05) is 39.9 Å². The predicted octanol–water partition coefficient (Wildman–Crippen LogP) is 3.76. The lowest BCUT2D eigenvalue weighted by Gasteiger charge is -2.44. The second-order valence-corrected chi connectivity index (χ2v) is 8.90. The molecular formula is C23H34N2O2. The van der Waals surface area contributed by atoms with Gasteiger partial charge in [-0.1, -0.05) is 51.1 Å². The van der Waals surface area contributed by atoms with Gasteiger partial charge in [0.15, 0.2) is 0 Å². The molecule has 1 saturated heterocycles. The summed E-state index contributed by atoms with van der Waals surface area (Å²) in [5.74, 6) is 0.963. The fourth-order valence-corrected chi connectivity index (χ4v) is 4.24. The molecule has 1 heterocycles. The average Bonchev–Trinajstić information content (AvgIpc) is 2.63. The van der Waals surface area contributed by atoms with E-state index in [1.165, 1.54) is 16.3 Å². The first kappa shape index (κ1) is 20.1. The van der Waals surface area contributed by atoms with Gasteiger partial charge in [0.2, 0.25) is 0 Å². The van der Waals surface area contributed by atoms with E-state index in [0.717, 1.165) is 44.9 Å². The van der Waals surface area contributed by atoms with Gasteiger partial charge in [-0.3, -0.25) is 9.80 Å². The molecule has 4 heteroatoms. The summed E-state index contributed by atoms with van der Waals surface area (Å²) in [6.45, 7) is 12.2. The highest BCUT2D eigenvalue weighted by Gasteiger charge is 2.30. The smallest absolute Gasteiger partial charge is 0.123 e. The quantitative estimate of drug-likeness (QED) is 0.840. The fraction of sp³-hybridized carbons (Fsp3) is 0.565. The maximum absolute atomic E-state index is 9.57. The molecule has 1 atom stereocenters. The van der Waals surface area contributed by atoms with Crippen LogP contribution in [0.4, 0.5) is 0 Å². The van der Waals surface area contributed by atoms with Crippen molar-refractivity contribution in [2.45, 2.75) is 39.8 Å². The first-order valence-electron chi connectivity index (χ1n) is 10.0. The lowest BCUT2D eigenvalue weighted by Crippen LogP contribution is -2.54. The van der Waals surface area contributed by atoms with Crippen LogP contribution in [0.15, 0.2) is 36.4 Å². The number of fused-ring (bicyclic) bond motifs is 1. The number of hydrogen-bond donors (Lipinski definition) is 1. The van der Waals surface area contributed by atoms with Gasteiger partial charge in [0.25, 0.3) is 0 Å². The number of rotatable bonds is 6. The number of nitrogens with zero attached hydrogens (tertiary/aromatic N) is 2. The van der Waals surface area contributed by atoms with Crippen LogP contribution in [0.25, 0.3) is 10.8 Å². The highest BCUT2D eigenvalue weighted by Crippen LogP contribution is 2.30. The third kappa shape index (κ3) is 5.01. The zero-order valence-corrected chi connectivity index (χ0v) is 17.2. The Morgan fingerprint density at radius 3 is 2.59 bits per heavy atom. The van der Waals surface area contributed by atoms with Gasteiger partial charge in [-0.2, -0.15) is 0 Å². The van der Waals surface area contributed by atoms with Crippen molar-refractivity contribution in [1.82, 2.24) is 9.80 Å². The number of aliphatic hydroxyl groups is 1. The van der Waals surface area contributed by atoms with Gasteiger partial charge in [-0.05, 0) is 28.7 Å². The Morgan fingerprint density at radius 1 is 1.11 bits per heavy atom. The molecule has 27 heavy (non-hydrogen) atoms. The van der Waals surface area contributed by atoms with Crippen molar-refractivity contribution in [3.63, 3.8) is 0 Å². The number of piperazine rings is 1. The molecule has 0 saturated carbocycles. The van der Waals surface area contributed by atoms with Gasteiger partial charge < -0.3 is 9.84 Å². The maximum atomic E-state index is 9.57. The maximum Gasteiger partial charge on any atom is 0.123 e. The molecule has 0 amide bonds. The van der Waals surface area contributed by atoms with E-state index in [-0.39, 0.29) is 12.0 Å². The van der Waals surface area contributed by atoms with Gasteiger partial charge in [0, 0.05) is 50.9 Å². The average molecular weight is 371 g/mol. The van der Waals surface area contributed by atoms with Crippen LogP contribution in [0.3, 0.4) is 0 Å². The molecule has 1 aliphatic rings. The first-order valence-corrected chi connectivity index (χ1v) is 10.0. The van der Waals surface area contributed by atoms with Crippen molar-refractivity contribution in [1.29, 1.82) is 0 Å². The summed E-state index contributed by atoms with van der Waals surface area (Å²) < 4.78 is 5.68. The minimum absolute atomic E-state index is 0.247. The number of methoxy groups -OCH3 is 1. The zero-order chi connectivity index (χ0) is 19.4. The molecule has 0 aromatic heterocycles. The van der Waals surface area contributed by atoms with E-state index in [1.54, 1.807) is 7.11 Å². The second-order valence-electron chi connectivity index (χ2n) is 8.90. The van der Waals surface area contributed by atoms with E-state index in [0.29, 0.717) is 6.04 Å². The summed E-state index contributed by atoms with van der Waals surface area (Å²) in [4.78, 5) is 5.08. The third-order valence-corrected chi connectivity index (χ3v) is 5.43. The summed E-state index contributed by atoms with van der Waals surface area (Å²) in [6.07, 6.45) is 0.833. The SMILES string of the molecule is COc1ccc2ccccc2c1CN1CCN(CC(C)(C)C)C(CCO)C1. The third-order valence-electron chi connectivity index (χ3n) is 5.43. The first-order chi connectivity index (χ1) is 12.9. The molecule has 0 radical (unpaired) electrons. The molecule has 1 aliphatic heterocycles. The van der Waals surface area contributed by atoms with Crippen LogP contribution >= 0.6 is 0 Å². The normalized spacial score (nSPS) is 19.5. The van der Waals surface area contributed by atoms with Crippen molar-refractivity contribution < 1.29 is 9.84 Å². The minimum Gasteiger partial charge on any atom is -0.496 e. The molecule has 1 N–H and O–H groups in total.